The van der Waals surface area contributed by atoms with Gasteiger partial charge < -0.3 is 9.16 Å². The molecule has 0 aromatic carbocycles. The van der Waals surface area contributed by atoms with Crippen molar-refractivity contribution in [3.8, 4) is 0 Å². The largest absolute Gasteiger partial charge is 0.466 e. The maximum atomic E-state index is 11.7. The molecule has 0 N–H and O–H groups in total. The van der Waals surface area contributed by atoms with Crippen molar-refractivity contribution in [2.75, 3.05) is 12.8 Å². The van der Waals surface area contributed by atoms with E-state index in [-0.39, 0.29) is 11.4 Å². The first-order valence-electron chi connectivity index (χ1n) is 5.56. The Morgan fingerprint density at radius 3 is 2.20 bits per heavy atom. The molecule has 0 aliphatic rings. The van der Waals surface area contributed by atoms with Gasteiger partial charge in [-0.3, -0.25) is 4.79 Å². The van der Waals surface area contributed by atoms with Crippen LogP contribution in [0, 0.1) is 5.41 Å². The van der Waals surface area contributed by atoms with Crippen LogP contribution in [0.4, 0.5) is 0 Å². The van der Waals surface area contributed by atoms with Crippen LogP contribution < -0.4 is 0 Å². The molecule has 0 aromatic rings. The van der Waals surface area contributed by atoms with E-state index in [1.54, 1.807) is 0 Å². The molecular formula is C11H24O3Si. The lowest BCUT2D eigenvalue weighted by atomic mass is 9.91. The second-order valence-corrected chi connectivity index (χ2v) is 9.10. The third kappa shape index (κ3) is 5.32. The summed E-state index contributed by atoms with van der Waals surface area (Å²) < 4.78 is 10.9. The molecule has 3 nitrogen and oxygen atoms in total. The van der Waals surface area contributed by atoms with E-state index in [4.69, 9.17) is 9.16 Å². The Balaban J connectivity index is 4.11. The third-order valence-corrected chi connectivity index (χ3v) is 4.43. The predicted molar refractivity (Wildman–Crippen MR) is 64.1 cm³/mol. The van der Waals surface area contributed by atoms with Crippen molar-refractivity contribution >= 4 is 14.3 Å². The van der Waals surface area contributed by atoms with Gasteiger partial charge in [0.05, 0.1) is 5.41 Å². The molecule has 0 spiro atoms. The molecule has 90 valence electrons. The predicted octanol–water partition coefficient (Wildman–Crippen LogP) is 2.75. The molecule has 0 rings (SSSR count). The van der Waals surface area contributed by atoms with Crippen LogP contribution in [0.25, 0.3) is 0 Å². The van der Waals surface area contributed by atoms with Gasteiger partial charge in [-0.2, -0.15) is 0 Å². The lowest BCUT2D eigenvalue weighted by molar-refractivity contribution is -0.152. The smallest absolute Gasteiger partial charge is 0.311 e. The number of hydrogen-bond acceptors (Lipinski definition) is 3. The normalized spacial score (nSPS) is 12.7. The average molecular weight is 232 g/mol. The SMILES string of the molecule is CCO[Si](C)(C)COC(=O)C(C)(C)CC. The first kappa shape index (κ1) is 14.6. The van der Waals surface area contributed by atoms with Crippen LogP contribution in [0.15, 0.2) is 0 Å². The van der Waals surface area contributed by atoms with Crippen LogP contribution in [-0.2, 0) is 14.0 Å². The van der Waals surface area contributed by atoms with Crippen molar-refractivity contribution in [1.82, 2.24) is 0 Å². The van der Waals surface area contributed by atoms with Crippen LogP contribution in [0.2, 0.25) is 13.1 Å². The van der Waals surface area contributed by atoms with E-state index in [9.17, 15) is 4.79 Å². The minimum absolute atomic E-state index is 0.120. The first-order chi connectivity index (χ1) is 6.75. The standard InChI is InChI=1S/C11H24O3Si/c1-7-11(3,4)10(12)13-9-15(5,6)14-8-2/h7-9H2,1-6H3. The fraction of sp³-hybridized carbons (Fsp3) is 0.909. The van der Waals surface area contributed by atoms with Gasteiger partial charge in [-0.1, -0.05) is 6.92 Å². The van der Waals surface area contributed by atoms with Crippen molar-refractivity contribution in [2.45, 2.75) is 47.2 Å². The topological polar surface area (TPSA) is 35.5 Å². The van der Waals surface area contributed by atoms with E-state index >= 15 is 0 Å². The summed E-state index contributed by atoms with van der Waals surface area (Å²) in [4.78, 5) is 11.7. The summed E-state index contributed by atoms with van der Waals surface area (Å²) in [5, 5.41) is 0. The fourth-order valence-electron chi connectivity index (χ4n) is 1.01. The summed E-state index contributed by atoms with van der Waals surface area (Å²) in [6.45, 7) is 12.6. The van der Waals surface area contributed by atoms with Gasteiger partial charge in [-0.05, 0) is 40.3 Å². The maximum absolute atomic E-state index is 11.7. The Hall–Kier alpha value is -0.353. The number of esters is 1. The molecule has 0 saturated carbocycles. The van der Waals surface area contributed by atoms with E-state index in [2.05, 4.69) is 13.1 Å². The van der Waals surface area contributed by atoms with Gasteiger partial charge in [-0.15, -0.1) is 0 Å². The first-order valence-corrected chi connectivity index (χ1v) is 8.68. The highest BCUT2D eigenvalue weighted by atomic mass is 28.4. The van der Waals surface area contributed by atoms with Crippen LogP contribution in [0.3, 0.4) is 0 Å². The Morgan fingerprint density at radius 1 is 1.27 bits per heavy atom. The molecule has 0 bridgehead atoms. The fourth-order valence-corrected chi connectivity index (χ4v) is 2.35. The van der Waals surface area contributed by atoms with E-state index in [0.717, 1.165) is 6.42 Å². The summed E-state index contributed by atoms with van der Waals surface area (Å²) in [5.41, 5.74) is -0.378. The second-order valence-electron chi connectivity index (χ2n) is 5.01. The lowest BCUT2D eigenvalue weighted by Crippen LogP contribution is -2.40. The molecule has 0 aliphatic heterocycles. The Labute approximate surface area is 94.3 Å². The molecule has 0 fully saturated rings. The van der Waals surface area contributed by atoms with Crippen molar-refractivity contribution in [1.29, 1.82) is 0 Å². The Morgan fingerprint density at radius 2 is 1.80 bits per heavy atom. The van der Waals surface area contributed by atoms with Crippen molar-refractivity contribution in [2.24, 2.45) is 5.41 Å². The van der Waals surface area contributed by atoms with Crippen molar-refractivity contribution < 1.29 is 14.0 Å². The highest BCUT2D eigenvalue weighted by Gasteiger charge is 2.30. The number of carbonyl (C=O) groups is 1. The molecule has 0 heterocycles. The number of carbonyl (C=O) groups excluding carboxylic acids is 1. The minimum Gasteiger partial charge on any atom is -0.466 e. The summed E-state index contributed by atoms with van der Waals surface area (Å²) in [6.07, 6.45) is 1.24. The molecule has 0 radical (unpaired) electrons. The van der Waals surface area contributed by atoms with Gasteiger partial charge in [0.25, 0.3) is 0 Å². The molecule has 0 unspecified atom stereocenters. The summed E-state index contributed by atoms with van der Waals surface area (Å²) >= 11 is 0. The van der Waals surface area contributed by atoms with Gasteiger partial charge in [0.15, 0.2) is 0 Å². The van der Waals surface area contributed by atoms with E-state index in [1.165, 1.54) is 0 Å². The zero-order valence-corrected chi connectivity index (χ0v) is 11.8. The zero-order valence-electron chi connectivity index (χ0n) is 10.8. The highest BCUT2D eigenvalue weighted by Crippen LogP contribution is 2.22. The van der Waals surface area contributed by atoms with Gasteiger partial charge in [0.1, 0.15) is 6.23 Å². The highest BCUT2D eigenvalue weighted by molar-refractivity contribution is 6.71. The van der Waals surface area contributed by atoms with Gasteiger partial charge in [0, 0.05) is 6.61 Å². The van der Waals surface area contributed by atoms with Crippen molar-refractivity contribution in [3.05, 3.63) is 0 Å². The minimum atomic E-state index is -1.80. The Bertz CT molecular complexity index is 212. The van der Waals surface area contributed by atoms with Crippen LogP contribution >= 0.6 is 0 Å². The van der Waals surface area contributed by atoms with Gasteiger partial charge in [-0.25, -0.2) is 0 Å². The number of ether oxygens (including phenoxy) is 1. The number of hydrogen-bond donors (Lipinski definition) is 0. The molecule has 0 aliphatic carbocycles. The lowest BCUT2D eigenvalue weighted by Gasteiger charge is -2.25. The van der Waals surface area contributed by atoms with E-state index in [0.29, 0.717) is 12.8 Å². The molecule has 0 amide bonds. The van der Waals surface area contributed by atoms with Crippen LogP contribution in [0.1, 0.15) is 34.1 Å². The quantitative estimate of drug-likeness (QED) is 0.522. The van der Waals surface area contributed by atoms with Crippen molar-refractivity contribution in [3.63, 3.8) is 0 Å². The summed E-state index contributed by atoms with van der Waals surface area (Å²) in [5.74, 6) is -0.120. The van der Waals surface area contributed by atoms with E-state index in [1.807, 2.05) is 27.7 Å². The average Bonchev–Trinajstić information content (AvgIpc) is 2.14. The van der Waals surface area contributed by atoms with Crippen LogP contribution in [0.5, 0.6) is 0 Å². The summed E-state index contributed by atoms with van der Waals surface area (Å²) in [7, 11) is -1.80. The number of rotatable bonds is 6. The monoisotopic (exact) mass is 232 g/mol. The van der Waals surface area contributed by atoms with Gasteiger partial charge in [0.2, 0.25) is 8.32 Å². The zero-order chi connectivity index (χ0) is 12.1. The van der Waals surface area contributed by atoms with Crippen LogP contribution in [-0.4, -0.2) is 27.1 Å². The molecule has 4 heteroatoms. The molecular weight excluding hydrogens is 208 g/mol. The Kier molecular flexibility index (Phi) is 5.52. The van der Waals surface area contributed by atoms with Gasteiger partial charge >= 0.3 is 5.97 Å². The molecule has 15 heavy (non-hydrogen) atoms. The third-order valence-electron chi connectivity index (χ3n) is 2.52. The molecule has 0 atom stereocenters. The second kappa shape index (κ2) is 5.65. The summed E-state index contributed by atoms with van der Waals surface area (Å²) in [6, 6.07) is 0. The maximum Gasteiger partial charge on any atom is 0.311 e. The molecule has 0 saturated heterocycles. The molecule has 0 aromatic heterocycles. The van der Waals surface area contributed by atoms with E-state index < -0.39 is 8.32 Å².